The van der Waals surface area contributed by atoms with Crippen molar-refractivity contribution in [3.63, 3.8) is 0 Å². The minimum absolute atomic E-state index is 0.00876. The molecule has 0 radical (unpaired) electrons. The highest BCUT2D eigenvalue weighted by atomic mass is 16.5. The molecule has 1 aliphatic carbocycles. The lowest BCUT2D eigenvalue weighted by Gasteiger charge is -2.37. The maximum absolute atomic E-state index is 13.3. The van der Waals surface area contributed by atoms with E-state index in [9.17, 15) is 4.79 Å². The van der Waals surface area contributed by atoms with Crippen molar-refractivity contribution in [1.82, 2.24) is 14.9 Å². The molecule has 0 aromatic carbocycles. The Kier molecular flexibility index (Phi) is 4.77. The number of carbonyl (C=O) groups excluding carboxylic acids is 1. The molecule has 7 nitrogen and oxygen atoms in total. The van der Waals surface area contributed by atoms with Gasteiger partial charge in [0.15, 0.2) is 5.76 Å². The molecule has 3 heterocycles. The summed E-state index contributed by atoms with van der Waals surface area (Å²) in [5, 5.41) is 3.25. The summed E-state index contributed by atoms with van der Waals surface area (Å²) >= 11 is 0. The smallest absolute Gasteiger partial charge is 0.296 e. The van der Waals surface area contributed by atoms with Gasteiger partial charge >= 0.3 is 0 Å². The fraction of sp³-hybridized carbons (Fsp3) is 0.350. The van der Waals surface area contributed by atoms with Crippen molar-refractivity contribution in [2.45, 2.75) is 18.9 Å². The van der Waals surface area contributed by atoms with Crippen molar-refractivity contribution in [2.24, 2.45) is 0 Å². The van der Waals surface area contributed by atoms with Gasteiger partial charge in [-0.2, -0.15) is 0 Å². The molecule has 27 heavy (non-hydrogen) atoms. The molecule has 1 fully saturated rings. The number of oxazole rings is 1. The Morgan fingerprint density at radius 3 is 2.74 bits per heavy atom. The molecule has 1 N–H and O–H groups in total. The maximum atomic E-state index is 13.3. The zero-order valence-corrected chi connectivity index (χ0v) is 15.2. The second-order valence-corrected chi connectivity index (χ2v) is 6.75. The normalized spacial score (nSPS) is 22.4. The third-order valence-corrected chi connectivity index (χ3v) is 4.86. The Balaban J connectivity index is 1.60. The van der Waals surface area contributed by atoms with Gasteiger partial charge in [-0.25, -0.2) is 4.98 Å². The van der Waals surface area contributed by atoms with Crippen LogP contribution in [0.15, 0.2) is 58.9 Å². The SMILES string of the molecule is CC1=CCC(Nc2ncc(-c3ccncc3)o2)(C(=O)N2CCOCC2)C=C1. The molecule has 1 aliphatic heterocycles. The number of carbonyl (C=O) groups is 1. The van der Waals surface area contributed by atoms with Gasteiger partial charge in [-0.1, -0.05) is 17.7 Å². The Morgan fingerprint density at radius 2 is 2.04 bits per heavy atom. The molecule has 2 aliphatic rings. The lowest BCUT2D eigenvalue weighted by atomic mass is 9.87. The third kappa shape index (κ3) is 3.64. The number of nitrogens with one attached hydrogen (secondary N) is 1. The van der Waals surface area contributed by atoms with Crippen LogP contribution in [-0.2, 0) is 9.53 Å². The molecule has 0 bridgehead atoms. The van der Waals surface area contributed by atoms with Gasteiger partial charge in [-0.15, -0.1) is 0 Å². The molecular weight excluding hydrogens is 344 g/mol. The van der Waals surface area contributed by atoms with E-state index in [0.717, 1.165) is 11.1 Å². The number of anilines is 1. The van der Waals surface area contributed by atoms with E-state index in [2.05, 4.69) is 21.4 Å². The number of ether oxygens (including phenoxy) is 1. The number of hydrogen-bond acceptors (Lipinski definition) is 6. The first-order chi connectivity index (χ1) is 13.2. The summed E-state index contributed by atoms with van der Waals surface area (Å²) in [7, 11) is 0. The summed E-state index contributed by atoms with van der Waals surface area (Å²) in [4.78, 5) is 23.5. The lowest BCUT2D eigenvalue weighted by Crippen LogP contribution is -2.55. The summed E-state index contributed by atoms with van der Waals surface area (Å²) in [6, 6.07) is 4.03. The highest BCUT2D eigenvalue weighted by molar-refractivity contribution is 5.92. The third-order valence-electron chi connectivity index (χ3n) is 4.86. The van der Waals surface area contributed by atoms with Crippen molar-refractivity contribution in [3.05, 3.63) is 54.5 Å². The van der Waals surface area contributed by atoms with Gasteiger partial charge in [0.05, 0.1) is 19.4 Å². The predicted octanol–water partition coefficient (Wildman–Crippen LogP) is 2.65. The number of amides is 1. The van der Waals surface area contributed by atoms with Crippen LogP contribution < -0.4 is 5.32 Å². The summed E-state index contributed by atoms with van der Waals surface area (Å²) in [5.41, 5.74) is 1.11. The van der Waals surface area contributed by atoms with Gasteiger partial charge in [0, 0.05) is 37.5 Å². The fourth-order valence-corrected chi connectivity index (χ4v) is 3.26. The molecule has 1 atom stereocenters. The average Bonchev–Trinajstić information content (AvgIpc) is 3.19. The molecule has 2 aromatic heterocycles. The lowest BCUT2D eigenvalue weighted by molar-refractivity contribution is -0.138. The average molecular weight is 366 g/mol. The minimum Gasteiger partial charge on any atom is -0.424 e. The van der Waals surface area contributed by atoms with Crippen molar-refractivity contribution in [1.29, 1.82) is 0 Å². The first-order valence-electron chi connectivity index (χ1n) is 9.04. The van der Waals surface area contributed by atoms with Crippen LogP contribution in [0.2, 0.25) is 0 Å². The number of pyridine rings is 1. The zero-order chi connectivity index (χ0) is 18.7. The monoisotopic (exact) mass is 366 g/mol. The molecule has 1 amide bonds. The number of morpholine rings is 1. The molecule has 0 saturated carbocycles. The van der Waals surface area contributed by atoms with Crippen LogP contribution in [0.5, 0.6) is 0 Å². The van der Waals surface area contributed by atoms with Crippen molar-refractivity contribution >= 4 is 11.9 Å². The van der Waals surface area contributed by atoms with E-state index < -0.39 is 5.54 Å². The number of hydrogen-bond donors (Lipinski definition) is 1. The highest BCUT2D eigenvalue weighted by Gasteiger charge is 2.41. The second kappa shape index (κ2) is 7.36. The van der Waals surface area contributed by atoms with Gasteiger partial charge < -0.3 is 19.4 Å². The number of nitrogens with zero attached hydrogens (tertiary/aromatic N) is 3. The number of aromatic nitrogens is 2. The van der Waals surface area contributed by atoms with Gasteiger partial charge in [-0.3, -0.25) is 9.78 Å². The Hall–Kier alpha value is -2.93. The van der Waals surface area contributed by atoms with Crippen LogP contribution in [-0.4, -0.2) is 52.6 Å². The Bertz CT molecular complexity index is 868. The van der Waals surface area contributed by atoms with Gasteiger partial charge in [0.25, 0.3) is 11.9 Å². The van der Waals surface area contributed by atoms with E-state index in [0.29, 0.717) is 44.5 Å². The van der Waals surface area contributed by atoms with Crippen LogP contribution >= 0.6 is 0 Å². The van der Waals surface area contributed by atoms with Crippen LogP contribution in [0.25, 0.3) is 11.3 Å². The standard InChI is InChI=1S/C20H22N4O3/c1-15-2-6-20(7-3-15,18(25)24-10-12-26-13-11-24)23-19-22-14-17(27-19)16-4-8-21-9-5-16/h2-6,8-9,14H,7,10-13H2,1H3,(H,22,23). The fourth-order valence-electron chi connectivity index (χ4n) is 3.26. The molecule has 1 unspecified atom stereocenters. The summed E-state index contributed by atoms with van der Waals surface area (Å²) < 4.78 is 11.2. The van der Waals surface area contributed by atoms with Crippen LogP contribution in [0.3, 0.4) is 0 Å². The maximum Gasteiger partial charge on any atom is 0.296 e. The van der Waals surface area contributed by atoms with Gasteiger partial charge in [0.2, 0.25) is 0 Å². The molecule has 140 valence electrons. The molecular formula is C20H22N4O3. The molecule has 1 saturated heterocycles. The second-order valence-electron chi connectivity index (χ2n) is 6.75. The van der Waals surface area contributed by atoms with E-state index >= 15 is 0 Å². The molecule has 0 spiro atoms. The quantitative estimate of drug-likeness (QED) is 0.896. The number of rotatable bonds is 4. The van der Waals surface area contributed by atoms with Crippen LogP contribution in [0, 0.1) is 0 Å². The number of allylic oxidation sites excluding steroid dienone is 2. The van der Waals surface area contributed by atoms with E-state index in [1.807, 2.05) is 36.1 Å². The van der Waals surface area contributed by atoms with Crippen LogP contribution in [0.1, 0.15) is 13.3 Å². The van der Waals surface area contributed by atoms with E-state index in [-0.39, 0.29) is 5.91 Å². The van der Waals surface area contributed by atoms with Crippen molar-refractivity contribution in [2.75, 3.05) is 31.6 Å². The van der Waals surface area contributed by atoms with E-state index in [1.54, 1.807) is 18.6 Å². The molecule has 4 rings (SSSR count). The van der Waals surface area contributed by atoms with Gasteiger partial charge in [-0.05, 0) is 25.1 Å². The van der Waals surface area contributed by atoms with Gasteiger partial charge in [0.1, 0.15) is 5.54 Å². The predicted molar refractivity (Wildman–Crippen MR) is 101 cm³/mol. The molecule has 7 heteroatoms. The largest absolute Gasteiger partial charge is 0.424 e. The summed E-state index contributed by atoms with van der Waals surface area (Å²) in [5.74, 6) is 0.634. The zero-order valence-electron chi connectivity index (χ0n) is 15.2. The molecule has 2 aromatic rings. The van der Waals surface area contributed by atoms with E-state index in [1.165, 1.54) is 0 Å². The summed E-state index contributed by atoms with van der Waals surface area (Å²) in [6.45, 7) is 4.32. The first-order valence-corrected chi connectivity index (χ1v) is 9.04. The van der Waals surface area contributed by atoms with Crippen LogP contribution in [0.4, 0.5) is 6.01 Å². The summed E-state index contributed by atoms with van der Waals surface area (Å²) in [6.07, 6.45) is 11.5. The van der Waals surface area contributed by atoms with Crippen molar-refractivity contribution in [3.8, 4) is 11.3 Å². The highest BCUT2D eigenvalue weighted by Crippen LogP contribution is 2.30. The van der Waals surface area contributed by atoms with E-state index in [4.69, 9.17) is 9.15 Å². The minimum atomic E-state index is -0.906. The first kappa shape index (κ1) is 17.5. The Morgan fingerprint density at radius 1 is 1.26 bits per heavy atom. The Labute approximate surface area is 157 Å². The topological polar surface area (TPSA) is 80.5 Å². The van der Waals surface area contributed by atoms with Crippen molar-refractivity contribution < 1.29 is 13.9 Å².